The van der Waals surface area contributed by atoms with E-state index in [9.17, 15) is 18.0 Å². The quantitative estimate of drug-likeness (QED) is 0.230. The van der Waals surface area contributed by atoms with Gasteiger partial charge < -0.3 is 5.32 Å². The molecule has 27 heavy (non-hydrogen) atoms. The van der Waals surface area contributed by atoms with Gasteiger partial charge in [-0.05, 0) is 46.4 Å². The molecule has 0 amide bonds. The van der Waals surface area contributed by atoms with Crippen molar-refractivity contribution in [2.75, 3.05) is 24.7 Å². The van der Waals surface area contributed by atoms with E-state index in [0.717, 1.165) is 23.8 Å². The summed E-state index contributed by atoms with van der Waals surface area (Å²) in [6, 6.07) is 4.22. The fourth-order valence-electron chi connectivity index (χ4n) is 2.86. The van der Waals surface area contributed by atoms with Crippen molar-refractivity contribution < 1.29 is 22.6 Å². The number of aliphatic imine (C=N–C) groups is 1. The Morgan fingerprint density at radius 1 is 1.41 bits per heavy atom. The van der Waals surface area contributed by atoms with Crippen molar-refractivity contribution in [3.05, 3.63) is 40.8 Å². The monoisotopic (exact) mass is 398 g/mol. The Morgan fingerprint density at radius 3 is 2.96 bits per heavy atom. The van der Waals surface area contributed by atoms with Crippen molar-refractivity contribution in [2.45, 2.75) is 18.9 Å². The molecule has 0 saturated heterocycles. The molecule has 1 aromatic carbocycles. The van der Waals surface area contributed by atoms with Crippen molar-refractivity contribution >= 4 is 21.7 Å². The van der Waals surface area contributed by atoms with Gasteiger partial charge in [0.1, 0.15) is 5.82 Å². The molecule has 0 radical (unpaired) electrons. The average molecular weight is 398 g/mol. The van der Waals surface area contributed by atoms with E-state index in [4.69, 9.17) is 0 Å². The van der Waals surface area contributed by atoms with Crippen LogP contribution in [-0.4, -0.2) is 49.1 Å². The van der Waals surface area contributed by atoms with Crippen LogP contribution in [0.3, 0.4) is 0 Å². The number of rotatable bonds is 7. The number of nitrogens with one attached hydrogen (secondary N) is 3. The molecule has 1 unspecified atom stereocenters. The summed E-state index contributed by atoms with van der Waals surface area (Å²) in [5.74, 6) is -0.154. The van der Waals surface area contributed by atoms with E-state index >= 15 is 0 Å². The second kappa shape index (κ2) is 7.98. The van der Waals surface area contributed by atoms with Gasteiger partial charge in [-0.1, -0.05) is 6.07 Å². The summed E-state index contributed by atoms with van der Waals surface area (Å²) in [6.07, 6.45) is 2.47. The number of halogens is 1. The van der Waals surface area contributed by atoms with Crippen LogP contribution < -0.4 is 15.5 Å². The number of hydrogen-bond acceptors (Lipinski definition) is 8. The average Bonchev–Trinajstić information content (AvgIpc) is 3.22. The molecule has 1 heterocycles. The molecule has 0 fully saturated rings. The smallest absolute Gasteiger partial charge is 0.208 e. The molecule has 10 nitrogen and oxygen atoms in total. The number of hydrogen-bond donors (Lipinski definition) is 4. The number of benzene rings is 1. The minimum Gasteiger partial charge on any atom is -0.364 e. The molecule has 1 atom stereocenters. The van der Waals surface area contributed by atoms with Crippen LogP contribution in [0.4, 0.5) is 10.2 Å². The standard InChI is InChI=1S/C15H19FN6O4S/c1-27(24,25)18-7-6-17-14-13(21-26-22-14)15(20-23)19-12-5-3-9-2-4-10(16)8-11(9)12/h2,4,8,12,18,23H,3,5-7H2,1H3,(H,17,22)(H,19,20). The molecular formula is C15H19FN6O4S. The maximum Gasteiger partial charge on any atom is 0.208 e. The van der Waals surface area contributed by atoms with Crippen LogP contribution in [0.1, 0.15) is 29.3 Å². The first-order chi connectivity index (χ1) is 12.9. The topological polar surface area (TPSA) is 142 Å². The van der Waals surface area contributed by atoms with Gasteiger partial charge in [0.15, 0.2) is 11.5 Å². The van der Waals surface area contributed by atoms with Gasteiger partial charge in [0.25, 0.3) is 0 Å². The summed E-state index contributed by atoms with van der Waals surface area (Å²) in [7, 11) is -3.30. The number of aryl methyl sites for hydroxylation is 1. The second-order valence-electron chi connectivity index (χ2n) is 6.04. The lowest BCUT2D eigenvalue weighted by atomic mass is 10.1. The summed E-state index contributed by atoms with van der Waals surface area (Å²) >= 11 is 0. The lowest BCUT2D eigenvalue weighted by Crippen LogP contribution is -2.28. The molecule has 3 rings (SSSR count). The number of hydroxylamine groups is 1. The van der Waals surface area contributed by atoms with E-state index < -0.39 is 10.0 Å². The number of fused-ring (bicyclic) bond motifs is 1. The molecule has 12 heteroatoms. The number of nitrogens with zero attached hydrogens (tertiary/aromatic N) is 3. The summed E-state index contributed by atoms with van der Waals surface area (Å²) in [5.41, 5.74) is 3.86. The normalized spacial score (nSPS) is 17.0. The first-order valence-electron chi connectivity index (χ1n) is 8.15. The summed E-state index contributed by atoms with van der Waals surface area (Å²) < 4.78 is 42.7. The molecule has 4 N–H and O–H groups in total. The van der Waals surface area contributed by atoms with E-state index in [1.807, 2.05) is 5.48 Å². The lowest BCUT2D eigenvalue weighted by molar-refractivity contribution is 0.233. The molecule has 2 aromatic rings. The van der Waals surface area contributed by atoms with Gasteiger partial charge >= 0.3 is 0 Å². The van der Waals surface area contributed by atoms with E-state index in [1.165, 1.54) is 12.1 Å². The van der Waals surface area contributed by atoms with E-state index in [1.54, 1.807) is 6.07 Å². The molecule has 0 bridgehead atoms. The summed E-state index contributed by atoms with van der Waals surface area (Å²) in [4.78, 5) is 4.42. The third-order valence-corrected chi connectivity index (χ3v) is 4.77. The van der Waals surface area contributed by atoms with Crippen molar-refractivity contribution in [1.82, 2.24) is 20.5 Å². The molecule has 0 saturated carbocycles. The van der Waals surface area contributed by atoms with Gasteiger partial charge in [0.05, 0.1) is 12.3 Å². The van der Waals surface area contributed by atoms with Crippen LogP contribution >= 0.6 is 0 Å². The minimum atomic E-state index is -3.30. The maximum absolute atomic E-state index is 13.5. The molecule has 146 valence electrons. The lowest BCUT2D eigenvalue weighted by Gasteiger charge is -2.10. The van der Waals surface area contributed by atoms with Crippen molar-refractivity contribution in [1.29, 1.82) is 0 Å². The van der Waals surface area contributed by atoms with Crippen LogP contribution in [-0.2, 0) is 16.4 Å². The van der Waals surface area contributed by atoms with E-state index in [-0.39, 0.29) is 42.3 Å². The SMILES string of the molecule is CS(=O)(=O)NCCNc1nonc1C(=NC1CCc2ccc(F)cc21)NO. The molecule has 1 aromatic heterocycles. The van der Waals surface area contributed by atoms with Gasteiger partial charge in [-0.25, -0.2) is 22.2 Å². The molecule has 1 aliphatic rings. The van der Waals surface area contributed by atoms with Crippen LogP contribution in [0.25, 0.3) is 0 Å². The van der Waals surface area contributed by atoms with Gasteiger partial charge in [0, 0.05) is 13.1 Å². The zero-order valence-corrected chi connectivity index (χ0v) is 15.3. The Hall–Kier alpha value is -2.57. The molecule has 0 spiro atoms. The van der Waals surface area contributed by atoms with Gasteiger partial charge in [-0.2, -0.15) is 0 Å². The number of sulfonamides is 1. The fourth-order valence-corrected chi connectivity index (χ4v) is 3.33. The number of amidine groups is 1. The van der Waals surface area contributed by atoms with Gasteiger partial charge in [0.2, 0.25) is 15.8 Å². The first kappa shape index (κ1) is 19.2. The van der Waals surface area contributed by atoms with Crippen molar-refractivity contribution in [3.8, 4) is 0 Å². The fraction of sp³-hybridized carbons (Fsp3) is 0.400. The van der Waals surface area contributed by atoms with Crippen LogP contribution in [0, 0.1) is 5.82 Å². The van der Waals surface area contributed by atoms with Crippen LogP contribution in [0.5, 0.6) is 0 Å². The molecule has 1 aliphatic carbocycles. The Kier molecular flexibility index (Phi) is 5.68. The van der Waals surface area contributed by atoms with Crippen molar-refractivity contribution in [2.24, 2.45) is 4.99 Å². The van der Waals surface area contributed by atoms with E-state index in [0.29, 0.717) is 6.42 Å². The van der Waals surface area contributed by atoms with E-state index in [2.05, 4.69) is 30.0 Å². The highest BCUT2D eigenvalue weighted by molar-refractivity contribution is 7.88. The molecule has 0 aliphatic heterocycles. The highest BCUT2D eigenvalue weighted by Crippen LogP contribution is 2.34. The zero-order valence-electron chi connectivity index (χ0n) is 14.4. The maximum atomic E-state index is 13.5. The number of aromatic nitrogens is 2. The Bertz CT molecular complexity index is 946. The van der Waals surface area contributed by atoms with Gasteiger partial charge in [-0.15, -0.1) is 0 Å². The zero-order chi connectivity index (χ0) is 19.4. The molecular weight excluding hydrogens is 379 g/mol. The van der Waals surface area contributed by atoms with Crippen LogP contribution in [0.2, 0.25) is 0 Å². The minimum absolute atomic E-state index is 0.0110. The Morgan fingerprint density at radius 2 is 2.22 bits per heavy atom. The Labute approximate surface area is 154 Å². The predicted molar refractivity (Wildman–Crippen MR) is 94.6 cm³/mol. The second-order valence-corrected chi connectivity index (χ2v) is 7.87. The van der Waals surface area contributed by atoms with Crippen LogP contribution in [0.15, 0.2) is 27.8 Å². The Balaban J connectivity index is 1.75. The van der Waals surface area contributed by atoms with Crippen molar-refractivity contribution in [3.63, 3.8) is 0 Å². The van der Waals surface area contributed by atoms with Gasteiger partial charge in [-0.3, -0.25) is 15.7 Å². The number of anilines is 1. The predicted octanol–water partition coefficient (Wildman–Crippen LogP) is 0.583. The third-order valence-electron chi connectivity index (χ3n) is 4.04. The summed E-state index contributed by atoms with van der Waals surface area (Å²) in [6.45, 7) is 0.337. The highest BCUT2D eigenvalue weighted by Gasteiger charge is 2.25. The largest absolute Gasteiger partial charge is 0.364 e. The third kappa shape index (κ3) is 4.78. The highest BCUT2D eigenvalue weighted by atomic mass is 32.2. The summed E-state index contributed by atoms with van der Waals surface area (Å²) in [5, 5.41) is 19.7. The first-order valence-corrected chi connectivity index (χ1v) is 10.0.